The second-order valence-corrected chi connectivity index (χ2v) is 6.23. The van der Waals surface area contributed by atoms with E-state index in [4.69, 9.17) is 11.6 Å². The molecule has 23 heavy (non-hydrogen) atoms. The summed E-state index contributed by atoms with van der Waals surface area (Å²) in [5.74, 6) is -0.281. The largest absolute Gasteiger partial charge is 0.322 e. The van der Waals surface area contributed by atoms with Crippen molar-refractivity contribution in [1.82, 2.24) is 4.90 Å². The second-order valence-electron chi connectivity index (χ2n) is 5.82. The standard InChI is InChI=1S/C18H18ClFN2O/c1-12-7-8-16(15(19)10-12)21-18(23)22-9-3-6-17(22)13-4-2-5-14(20)11-13/h2,4-5,7-8,10-11,17H,3,6,9H2,1H3,(H,21,23). The number of benzene rings is 2. The molecular weight excluding hydrogens is 315 g/mol. The third kappa shape index (κ3) is 3.48. The molecule has 1 N–H and O–H groups in total. The van der Waals surface area contributed by atoms with Crippen molar-refractivity contribution in [2.75, 3.05) is 11.9 Å². The topological polar surface area (TPSA) is 32.3 Å². The highest BCUT2D eigenvalue weighted by molar-refractivity contribution is 6.33. The number of nitrogens with zero attached hydrogens (tertiary/aromatic N) is 1. The molecule has 3 nitrogen and oxygen atoms in total. The number of rotatable bonds is 2. The van der Waals surface area contributed by atoms with Gasteiger partial charge in [-0.1, -0.05) is 29.8 Å². The van der Waals surface area contributed by atoms with Crippen LogP contribution in [-0.2, 0) is 0 Å². The Morgan fingerprint density at radius 3 is 2.87 bits per heavy atom. The van der Waals surface area contributed by atoms with Gasteiger partial charge in [0.05, 0.1) is 16.8 Å². The van der Waals surface area contributed by atoms with Gasteiger partial charge >= 0.3 is 6.03 Å². The highest BCUT2D eigenvalue weighted by atomic mass is 35.5. The fraction of sp³-hybridized carbons (Fsp3) is 0.278. The summed E-state index contributed by atoms with van der Waals surface area (Å²) in [5, 5.41) is 3.37. The highest BCUT2D eigenvalue weighted by Crippen LogP contribution is 2.33. The molecule has 0 spiro atoms. The van der Waals surface area contributed by atoms with Crippen molar-refractivity contribution in [2.45, 2.75) is 25.8 Å². The number of amides is 2. The molecule has 0 aromatic heterocycles. The lowest BCUT2D eigenvalue weighted by atomic mass is 10.0. The van der Waals surface area contributed by atoms with Gasteiger partial charge in [0.25, 0.3) is 0 Å². The number of carbonyl (C=O) groups excluding carboxylic acids is 1. The van der Waals surface area contributed by atoms with E-state index in [1.165, 1.54) is 12.1 Å². The predicted octanol–water partition coefficient (Wildman–Crippen LogP) is 5.16. The Bertz CT molecular complexity index is 735. The van der Waals surface area contributed by atoms with Crippen molar-refractivity contribution < 1.29 is 9.18 Å². The van der Waals surface area contributed by atoms with Crippen LogP contribution in [0.3, 0.4) is 0 Å². The Morgan fingerprint density at radius 1 is 1.30 bits per heavy atom. The van der Waals surface area contributed by atoms with Crippen molar-refractivity contribution >= 4 is 23.3 Å². The monoisotopic (exact) mass is 332 g/mol. The lowest BCUT2D eigenvalue weighted by Crippen LogP contribution is -2.34. The van der Waals surface area contributed by atoms with E-state index in [2.05, 4.69) is 5.32 Å². The van der Waals surface area contributed by atoms with Crippen LogP contribution in [0, 0.1) is 12.7 Å². The zero-order valence-corrected chi connectivity index (χ0v) is 13.6. The van der Waals surface area contributed by atoms with Crippen molar-refractivity contribution in [3.8, 4) is 0 Å². The molecule has 5 heteroatoms. The van der Waals surface area contributed by atoms with Gasteiger partial charge in [0, 0.05) is 6.54 Å². The zero-order valence-electron chi connectivity index (χ0n) is 12.9. The van der Waals surface area contributed by atoms with Crippen molar-refractivity contribution in [3.05, 3.63) is 64.4 Å². The molecule has 1 aliphatic rings. The molecule has 2 amide bonds. The Morgan fingerprint density at radius 2 is 2.13 bits per heavy atom. The second kappa shape index (κ2) is 6.59. The number of halogens is 2. The summed E-state index contributed by atoms with van der Waals surface area (Å²) >= 11 is 6.17. The van der Waals surface area contributed by atoms with Gasteiger partial charge in [0.15, 0.2) is 0 Å². The van der Waals surface area contributed by atoms with E-state index >= 15 is 0 Å². The zero-order chi connectivity index (χ0) is 16.4. The molecule has 1 saturated heterocycles. The first-order chi connectivity index (χ1) is 11.0. The first kappa shape index (κ1) is 15.8. The molecular formula is C18H18ClFN2O. The van der Waals surface area contributed by atoms with E-state index in [0.29, 0.717) is 17.3 Å². The Hall–Kier alpha value is -2.07. The number of hydrogen-bond acceptors (Lipinski definition) is 1. The highest BCUT2D eigenvalue weighted by Gasteiger charge is 2.30. The first-order valence-electron chi connectivity index (χ1n) is 7.64. The SMILES string of the molecule is Cc1ccc(NC(=O)N2CCCC2c2cccc(F)c2)c(Cl)c1. The lowest BCUT2D eigenvalue weighted by molar-refractivity contribution is 0.207. The van der Waals surface area contributed by atoms with Gasteiger partial charge in [0.2, 0.25) is 0 Å². The van der Waals surface area contributed by atoms with Crippen molar-refractivity contribution in [3.63, 3.8) is 0 Å². The molecule has 1 unspecified atom stereocenters. The summed E-state index contributed by atoms with van der Waals surface area (Å²) in [6.07, 6.45) is 1.73. The predicted molar refractivity (Wildman–Crippen MR) is 90.3 cm³/mol. The van der Waals surface area contributed by atoms with Crippen LogP contribution in [0.25, 0.3) is 0 Å². The van der Waals surface area contributed by atoms with Gasteiger partial charge in [-0.2, -0.15) is 0 Å². The fourth-order valence-electron chi connectivity index (χ4n) is 2.98. The molecule has 3 rings (SSSR count). The summed E-state index contributed by atoms with van der Waals surface area (Å²) in [5.41, 5.74) is 2.45. The number of likely N-dealkylation sites (tertiary alicyclic amines) is 1. The first-order valence-corrected chi connectivity index (χ1v) is 8.01. The Kier molecular flexibility index (Phi) is 4.53. The molecule has 0 bridgehead atoms. The molecule has 0 saturated carbocycles. The quantitative estimate of drug-likeness (QED) is 0.809. The minimum absolute atomic E-state index is 0.102. The maximum absolute atomic E-state index is 13.4. The van der Waals surface area contributed by atoms with E-state index in [-0.39, 0.29) is 17.9 Å². The van der Waals surface area contributed by atoms with Gasteiger partial charge in [0.1, 0.15) is 5.82 Å². The summed E-state index contributed by atoms with van der Waals surface area (Å²) in [4.78, 5) is 14.3. The number of urea groups is 1. The average molecular weight is 333 g/mol. The summed E-state index contributed by atoms with van der Waals surface area (Å²) in [6, 6.07) is 11.6. The van der Waals surface area contributed by atoms with Crippen LogP contribution in [-0.4, -0.2) is 17.5 Å². The van der Waals surface area contributed by atoms with Crippen LogP contribution in [0.2, 0.25) is 5.02 Å². The molecule has 1 aliphatic heterocycles. The average Bonchev–Trinajstić information content (AvgIpc) is 2.99. The van der Waals surface area contributed by atoms with Crippen molar-refractivity contribution in [2.24, 2.45) is 0 Å². The van der Waals surface area contributed by atoms with E-state index in [1.54, 1.807) is 17.0 Å². The van der Waals surface area contributed by atoms with E-state index in [9.17, 15) is 9.18 Å². The van der Waals surface area contributed by atoms with Gasteiger partial charge in [-0.15, -0.1) is 0 Å². The van der Waals surface area contributed by atoms with Gasteiger partial charge in [-0.25, -0.2) is 9.18 Å². The summed E-state index contributed by atoms with van der Waals surface area (Å²) < 4.78 is 13.4. The third-order valence-electron chi connectivity index (χ3n) is 4.11. The van der Waals surface area contributed by atoms with Gasteiger partial charge < -0.3 is 10.2 Å². The molecule has 1 fully saturated rings. The molecule has 1 atom stereocenters. The number of nitrogens with one attached hydrogen (secondary N) is 1. The molecule has 0 radical (unpaired) electrons. The van der Waals surface area contributed by atoms with E-state index in [1.807, 2.05) is 25.1 Å². The summed E-state index contributed by atoms with van der Waals surface area (Å²) in [7, 11) is 0. The fourth-order valence-corrected chi connectivity index (χ4v) is 3.26. The van der Waals surface area contributed by atoms with Crippen LogP contribution in [0.5, 0.6) is 0 Å². The number of hydrogen-bond donors (Lipinski definition) is 1. The number of aryl methyl sites for hydroxylation is 1. The Labute approximate surface area is 140 Å². The van der Waals surface area contributed by atoms with Crippen LogP contribution < -0.4 is 5.32 Å². The van der Waals surface area contributed by atoms with E-state index in [0.717, 1.165) is 24.0 Å². The van der Waals surface area contributed by atoms with Crippen LogP contribution in [0.1, 0.15) is 30.0 Å². The van der Waals surface area contributed by atoms with Crippen LogP contribution >= 0.6 is 11.6 Å². The maximum atomic E-state index is 13.4. The summed E-state index contributed by atoms with van der Waals surface area (Å²) in [6.45, 7) is 2.59. The lowest BCUT2D eigenvalue weighted by Gasteiger charge is -2.25. The molecule has 1 heterocycles. The van der Waals surface area contributed by atoms with Crippen LogP contribution in [0.4, 0.5) is 14.9 Å². The number of anilines is 1. The third-order valence-corrected chi connectivity index (χ3v) is 4.43. The molecule has 2 aromatic carbocycles. The molecule has 120 valence electrons. The number of carbonyl (C=O) groups is 1. The smallest absolute Gasteiger partial charge is 0.317 e. The molecule has 0 aliphatic carbocycles. The Balaban J connectivity index is 1.78. The molecule has 2 aromatic rings. The normalized spacial score (nSPS) is 17.3. The van der Waals surface area contributed by atoms with Gasteiger partial charge in [-0.05, 0) is 55.2 Å². The van der Waals surface area contributed by atoms with E-state index < -0.39 is 0 Å². The maximum Gasteiger partial charge on any atom is 0.322 e. The van der Waals surface area contributed by atoms with Gasteiger partial charge in [-0.3, -0.25) is 0 Å². The minimum atomic E-state index is -0.281. The minimum Gasteiger partial charge on any atom is -0.317 e. The van der Waals surface area contributed by atoms with Crippen molar-refractivity contribution in [1.29, 1.82) is 0 Å². The van der Waals surface area contributed by atoms with Crippen LogP contribution in [0.15, 0.2) is 42.5 Å².